The third-order valence-corrected chi connectivity index (χ3v) is 3.69. The Hall–Kier alpha value is -2.66. The van der Waals surface area contributed by atoms with Crippen LogP contribution < -0.4 is 5.32 Å². The number of rotatable bonds is 7. The number of anilines is 1. The highest BCUT2D eigenvalue weighted by molar-refractivity contribution is 6.30. The lowest BCUT2D eigenvalue weighted by Gasteiger charge is -2.06. The molecule has 0 fully saturated rings. The van der Waals surface area contributed by atoms with Crippen LogP contribution in [0.1, 0.15) is 29.3 Å². The number of carbonyl (C=O) groups excluding carboxylic acids is 3. The first kappa shape index (κ1) is 18.7. The molecule has 0 saturated heterocycles. The molecule has 0 aliphatic heterocycles. The van der Waals surface area contributed by atoms with Crippen molar-refractivity contribution in [2.24, 2.45) is 0 Å². The predicted molar refractivity (Wildman–Crippen MR) is 95.8 cm³/mol. The molecule has 2 aromatic rings. The largest absolute Gasteiger partial charge is 0.457 e. The lowest BCUT2D eigenvalue weighted by Crippen LogP contribution is -2.16. The number of benzene rings is 2. The van der Waals surface area contributed by atoms with E-state index < -0.39 is 5.97 Å². The summed E-state index contributed by atoms with van der Waals surface area (Å²) in [6.45, 7) is 1.43. The molecular formula is C19H18ClNO4. The average Bonchev–Trinajstić information content (AvgIpc) is 2.62. The fraction of sp³-hybridized carbons (Fsp3) is 0.211. The monoisotopic (exact) mass is 359 g/mol. The molecule has 0 unspecified atom stereocenters. The van der Waals surface area contributed by atoms with Crippen molar-refractivity contribution >= 4 is 34.9 Å². The van der Waals surface area contributed by atoms with E-state index in [1.807, 2.05) is 0 Å². The summed E-state index contributed by atoms with van der Waals surface area (Å²) in [5.74, 6) is -0.893. The van der Waals surface area contributed by atoms with E-state index in [9.17, 15) is 14.4 Å². The molecule has 5 nitrogen and oxygen atoms in total. The number of Topliss-reactive ketones (excluding diaryl/α,β-unsaturated/α-hetero) is 1. The molecule has 1 amide bonds. The molecule has 2 aromatic carbocycles. The molecule has 25 heavy (non-hydrogen) atoms. The average molecular weight is 360 g/mol. The molecule has 0 spiro atoms. The fourth-order valence-electron chi connectivity index (χ4n) is 2.04. The number of ether oxygens (including phenoxy) is 1. The molecular weight excluding hydrogens is 342 g/mol. The lowest BCUT2D eigenvalue weighted by atomic mass is 10.1. The molecule has 0 radical (unpaired) electrons. The van der Waals surface area contributed by atoms with Gasteiger partial charge in [0.15, 0.2) is 12.4 Å². The highest BCUT2D eigenvalue weighted by Gasteiger charge is 2.11. The first-order chi connectivity index (χ1) is 12.0. The maximum Gasteiger partial charge on any atom is 0.310 e. The maximum atomic E-state index is 12.1. The van der Waals surface area contributed by atoms with Crippen LogP contribution in [0.2, 0.25) is 5.02 Å². The van der Waals surface area contributed by atoms with Crippen molar-refractivity contribution in [3.05, 3.63) is 64.7 Å². The molecule has 0 atom stereocenters. The summed E-state index contributed by atoms with van der Waals surface area (Å²) >= 11 is 5.78. The van der Waals surface area contributed by atoms with Crippen molar-refractivity contribution in [2.45, 2.75) is 19.8 Å². The Morgan fingerprint density at radius 2 is 1.64 bits per heavy atom. The number of hydrogen-bond acceptors (Lipinski definition) is 4. The van der Waals surface area contributed by atoms with Crippen LogP contribution in [-0.2, 0) is 20.7 Å². The van der Waals surface area contributed by atoms with E-state index in [0.717, 1.165) is 5.56 Å². The van der Waals surface area contributed by atoms with Crippen molar-refractivity contribution < 1.29 is 19.1 Å². The van der Waals surface area contributed by atoms with Gasteiger partial charge in [-0.15, -0.1) is 0 Å². The summed E-state index contributed by atoms with van der Waals surface area (Å²) in [5.41, 5.74) is 1.79. The minimum absolute atomic E-state index is 0.0758. The molecule has 130 valence electrons. The SMILES string of the molecule is CCC(=O)Nc1ccc(C(=O)COC(=O)Cc2ccc(Cl)cc2)cc1. The standard InChI is InChI=1S/C19H18ClNO4/c1-2-18(23)21-16-9-5-14(6-10-16)17(22)12-25-19(24)11-13-3-7-15(20)8-4-13/h3-10H,2,11-12H2,1H3,(H,21,23). The van der Waals surface area contributed by atoms with Gasteiger partial charge in [0.05, 0.1) is 6.42 Å². The first-order valence-corrected chi connectivity index (χ1v) is 8.19. The number of carbonyl (C=O) groups is 3. The van der Waals surface area contributed by atoms with Crippen molar-refractivity contribution in [2.75, 3.05) is 11.9 Å². The number of esters is 1. The van der Waals surface area contributed by atoms with Gasteiger partial charge in [-0.1, -0.05) is 30.7 Å². The van der Waals surface area contributed by atoms with Gasteiger partial charge >= 0.3 is 5.97 Å². The Morgan fingerprint density at radius 1 is 1.00 bits per heavy atom. The minimum Gasteiger partial charge on any atom is -0.457 e. The third kappa shape index (κ3) is 6.04. The number of hydrogen-bond donors (Lipinski definition) is 1. The zero-order valence-corrected chi connectivity index (χ0v) is 14.5. The van der Waals surface area contributed by atoms with Crippen molar-refractivity contribution in [1.82, 2.24) is 0 Å². The quantitative estimate of drug-likeness (QED) is 0.605. The van der Waals surface area contributed by atoms with Crippen LogP contribution in [0, 0.1) is 0 Å². The zero-order valence-electron chi connectivity index (χ0n) is 13.8. The second-order valence-corrected chi connectivity index (χ2v) is 5.80. The van der Waals surface area contributed by atoms with Crippen LogP contribution in [0.3, 0.4) is 0 Å². The highest BCUT2D eigenvalue weighted by Crippen LogP contribution is 2.12. The number of amides is 1. The van der Waals surface area contributed by atoms with Crippen LogP contribution in [0.5, 0.6) is 0 Å². The van der Waals surface area contributed by atoms with E-state index in [2.05, 4.69) is 5.32 Å². The molecule has 2 rings (SSSR count). The van der Waals surface area contributed by atoms with Gasteiger partial charge in [0.25, 0.3) is 0 Å². The number of ketones is 1. The molecule has 0 aromatic heterocycles. The summed E-state index contributed by atoms with van der Waals surface area (Å²) in [6, 6.07) is 13.3. The van der Waals surface area contributed by atoms with E-state index >= 15 is 0 Å². The van der Waals surface area contributed by atoms with Crippen molar-refractivity contribution in [1.29, 1.82) is 0 Å². The highest BCUT2D eigenvalue weighted by atomic mass is 35.5. The Kier molecular flexibility index (Phi) is 6.71. The molecule has 0 aliphatic rings. The normalized spacial score (nSPS) is 10.2. The van der Waals surface area contributed by atoms with Crippen LogP contribution in [-0.4, -0.2) is 24.3 Å². The molecule has 0 saturated carbocycles. The van der Waals surface area contributed by atoms with Crippen molar-refractivity contribution in [3.63, 3.8) is 0 Å². The van der Waals surface area contributed by atoms with Gasteiger partial charge in [0, 0.05) is 22.7 Å². The molecule has 1 N–H and O–H groups in total. The van der Waals surface area contributed by atoms with Crippen LogP contribution in [0.4, 0.5) is 5.69 Å². The van der Waals surface area contributed by atoms with E-state index in [1.165, 1.54) is 0 Å². The summed E-state index contributed by atoms with van der Waals surface area (Å²) < 4.78 is 5.01. The van der Waals surface area contributed by atoms with Crippen LogP contribution in [0.15, 0.2) is 48.5 Å². The second kappa shape index (κ2) is 8.99. The summed E-state index contributed by atoms with van der Waals surface area (Å²) in [6.07, 6.45) is 0.455. The Bertz CT molecular complexity index is 754. The topological polar surface area (TPSA) is 72.5 Å². The Morgan fingerprint density at radius 3 is 2.24 bits per heavy atom. The smallest absolute Gasteiger partial charge is 0.310 e. The lowest BCUT2D eigenvalue weighted by molar-refractivity contribution is -0.141. The predicted octanol–water partition coefficient (Wildman–Crippen LogP) is 3.66. The molecule has 0 bridgehead atoms. The summed E-state index contributed by atoms with van der Waals surface area (Å²) in [5, 5.41) is 3.28. The van der Waals surface area contributed by atoms with Gasteiger partial charge in [-0.2, -0.15) is 0 Å². The maximum absolute atomic E-state index is 12.1. The molecule has 0 aliphatic carbocycles. The van der Waals surface area contributed by atoms with E-state index in [0.29, 0.717) is 22.7 Å². The van der Waals surface area contributed by atoms with Gasteiger partial charge in [0.1, 0.15) is 0 Å². The Balaban J connectivity index is 1.83. The summed E-state index contributed by atoms with van der Waals surface area (Å²) in [4.78, 5) is 35.1. The Labute approximate surface area is 150 Å². The number of nitrogens with one attached hydrogen (secondary N) is 1. The number of halogens is 1. The van der Waals surface area contributed by atoms with Gasteiger partial charge in [-0.05, 0) is 42.0 Å². The fourth-order valence-corrected chi connectivity index (χ4v) is 2.16. The zero-order chi connectivity index (χ0) is 18.2. The van der Waals surface area contributed by atoms with Crippen molar-refractivity contribution in [3.8, 4) is 0 Å². The van der Waals surface area contributed by atoms with Gasteiger partial charge in [0.2, 0.25) is 5.91 Å². The third-order valence-electron chi connectivity index (χ3n) is 3.44. The second-order valence-electron chi connectivity index (χ2n) is 5.37. The summed E-state index contributed by atoms with van der Waals surface area (Å²) in [7, 11) is 0. The first-order valence-electron chi connectivity index (χ1n) is 7.81. The van der Waals surface area contributed by atoms with Gasteiger partial charge < -0.3 is 10.1 Å². The molecule has 0 heterocycles. The molecule has 6 heteroatoms. The minimum atomic E-state index is -0.484. The van der Waals surface area contributed by atoms with E-state index in [1.54, 1.807) is 55.5 Å². The van der Waals surface area contributed by atoms with E-state index in [-0.39, 0.29) is 24.7 Å². The van der Waals surface area contributed by atoms with Crippen LogP contribution >= 0.6 is 11.6 Å². The van der Waals surface area contributed by atoms with Crippen LogP contribution in [0.25, 0.3) is 0 Å². The van der Waals surface area contributed by atoms with Gasteiger partial charge in [-0.25, -0.2) is 0 Å². The van der Waals surface area contributed by atoms with Gasteiger partial charge in [-0.3, -0.25) is 14.4 Å². The van der Waals surface area contributed by atoms with E-state index in [4.69, 9.17) is 16.3 Å².